The van der Waals surface area contributed by atoms with Gasteiger partial charge in [0.25, 0.3) is 11.8 Å². The molecule has 0 aliphatic rings. The minimum Gasteiger partial charge on any atom is -0.468 e. The quantitative estimate of drug-likeness (QED) is 0.523. The molecular weight excluding hydrogens is 430 g/mol. The number of hydrogen-bond acceptors (Lipinski definition) is 4. The van der Waals surface area contributed by atoms with Crippen LogP contribution in [0.15, 0.2) is 60.8 Å². The van der Waals surface area contributed by atoms with Gasteiger partial charge in [-0.15, -0.1) is 0 Å². The third-order valence-electron chi connectivity index (χ3n) is 4.24. The van der Waals surface area contributed by atoms with E-state index in [2.05, 4.69) is 20.4 Å². The van der Waals surface area contributed by atoms with Crippen LogP contribution in [0.4, 0.5) is 28.9 Å². The van der Waals surface area contributed by atoms with Gasteiger partial charge in [-0.2, -0.15) is 13.2 Å². The van der Waals surface area contributed by atoms with E-state index in [0.29, 0.717) is 11.3 Å². The van der Waals surface area contributed by atoms with Crippen LogP contribution in [0.1, 0.15) is 26.3 Å². The van der Waals surface area contributed by atoms with Crippen LogP contribution in [0.25, 0.3) is 0 Å². The van der Waals surface area contributed by atoms with Crippen molar-refractivity contribution in [3.05, 3.63) is 83.3 Å². The summed E-state index contributed by atoms with van der Waals surface area (Å²) >= 11 is 0. The van der Waals surface area contributed by atoms with Crippen molar-refractivity contribution in [2.45, 2.75) is 13.1 Å². The largest absolute Gasteiger partial charge is 0.468 e. The maximum atomic E-state index is 13.8. The summed E-state index contributed by atoms with van der Waals surface area (Å²) in [6.45, 7) is 0.235. The van der Waals surface area contributed by atoms with Gasteiger partial charge in [0, 0.05) is 17.3 Å². The Labute approximate surface area is 180 Å². The van der Waals surface area contributed by atoms with E-state index in [4.69, 9.17) is 0 Å². The van der Waals surface area contributed by atoms with Crippen LogP contribution in [0.2, 0.25) is 0 Å². The molecule has 10 heteroatoms. The number of anilines is 2. The van der Waals surface area contributed by atoms with Crippen molar-refractivity contribution < 1.29 is 31.9 Å². The number of aromatic nitrogens is 1. The molecule has 2 N–H and O–H groups in total. The molecule has 3 aromatic rings. The van der Waals surface area contributed by atoms with Crippen molar-refractivity contribution in [2.75, 3.05) is 17.2 Å². The standard InChI is InChI=1S/C22H17F4N3O3/c1-13-6-7-14(10-18(13)29-21(31)16-4-2-3-5-17(16)23)20(30)28-15-8-9-19(27-11-15)32-12-22(24,25)26/h2-11H,12H2,1H3,(H,28,30)(H,29,31). The summed E-state index contributed by atoms with van der Waals surface area (Å²) in [5.74, 6) is -2.12. The molecule has 0 saturated heterocycles. The number of rotatable bonds is 6. The molecule has 0 aliphatic carbocycles. The van der Waals surface area contributed by atoms with Crippen molar-refractivity contribution in [1.82, 2.24) is 4.98 Å². The van der Waals surface area contributed by atoms with Crippen molar-refractivity contribution in [2.24, 2.45) is 0 Å². The van der Waals surface area contributed by atoms with E-state index >= 15 is 0 Å². The van der Waals surface area contributed by atoms with Crippen LogP contribution in [0, 0.1) is 12.7 Å². The Kier molecular flexibility index (Phi) is 6.72. The third kappa shape index (κ3) is 6.03. The van der Waals surface area contributed by atoms with Crippen LogP contribution in [-0.2, 0) is 0 Å². The minimum atomic E-state index is -4.49. The summed E-state index contributed by atoms with van der Waals surface area (Å²) in [7, 11) is 0. The third-order valence-corrected chi connectivity index (χ3v) is 4.24. The maximum Gasteiger partial charge on any atom is 0.422 e. The summed E-state index contributed by atoms with van der Waals surface area (Å²) in [6.07, 6.45) is -3.34. The first-order valence-electron chi connectivity index (χ1n) is 9.26. The number of nitrogens with one attached hydrogen (secondary N) is 2. The van der Waals surface area contributed by atoms with Crippen LogP contribution in [0.3, 0.4) is 0 Å². The number of ether oxygens (including phenoxy) is 1. The summed E-state index contributed by atoms with van der Waals surface area (Å²) in [4.78, 5) is 28.6. The number of benzene rings is 2. The molecule has 3 rings (SSSR count). The predicted molar refractivity (Wildman–Crippen MR) is 109 cm³/mol. The fourth-order valence-electron chi connectivity index (χ4n) is 2.63. The molecule has 0 atom stereocenters. The molecule has 1 aromatic heterocycles. The number of carbonyl (C=O) groups excluding carboxylic acids is 2. The van der Waals surface area contributed by atoms with E-state index in [1.54, 1.807) is 13.0 Å². The summed E-state index contributed by atoms with van der Waals surface area (Å²) < 4.78 is 54.9. The molecule has 0 aliphatic heterocycles. The molecule has 0 unspecified atom stereocenters. The topological polar surface area (TPSA) is 80.3 Å². The van der Waals surface area contributed by atoms with Gasteiger partial charge in [-0.05, 0) is 42.8 Å². The highest BCUT2D eigenvalue weighted by Gasteiger charge is 2.28. The minimum absolute atomic E-state index is 0.138. The first kappa shape index (κ1) is 22.7. The second-order valence-corrected chi connectivity index (χ2v) is 6.71. The van der Waals surface area contributed by atoms with Gasteiger partial charge >= 0.3 is 6.18 Å². The van der Waals surface area contributed by atoms with Gasteiger partial charge in [0.1, 0.15) is 5.82 Å². The molecular formula is C22H17F4N3O3. The SMILES string of the molecule is Cc1ccc(C(=O)Nc2ccc(OCC(F)(F)F)nc2)cc1NC(=O)c1ccccc1F. The van der Waals surface area contributed by atoms with Gasteiger partial charge in [-0.3, -0.25) is 9.59 Å². The Morgan fingerprint density at radius 1 is 1.00 bits per heavy atom. The number of amides is 2. The van der Waals surface area contributed by atoms with E-state index in [1.165, 1.54) is 48.5 Å². The van der Waals surface area contributed by atoms with Gasteiger partial charge in [-0.25, -0.2) is 9.37 Å². The Morgan fingerprint density at radius 2 is 1.75 bits per heavy atom. The average molecular weight is 447 g/mol. The molecule has 2 amide bonds. The van der Waals surface area contributed by atoms with E-state index in [1.807, 2.05) is 0 Å². The highest BCUT2D eigenvalue weighted by molar-refractivity contribution is 6.07. The zero-order valence-electron chi connectivity index (χ0n) is 16.7. The van der Waals surface area contributed by atoms with Gasteiger partial charge in [-0.1, -0.05) is 18.2 Å². The Hall–Kier alpha value is -3.95. The number of pyridine rings is 1. The van der Waals surface area contributed by atoms with Gasteiger partial charge in [0.05, 0.1) is 17.4 Å². The van der Waals surface area contributed by atoms with Crippen molar-refractivity contribution >= 4 is 23.2 Å². The number of carbonyl (C=O) groups is 2. The average Bonchev–Trinajstić information content (AvgIpc) is 2.74. The molecule has 0 spiro atoms. The molecule has 0 fully saturated rings. The Bertz CT molecular complexity index is 1130. The lowest BCUT2D eigenvalue weighted by Crippen LogP contribution is -2.19. The van der Waals surface area contributed by atoms with Crippen molar-refractivity contribution in [1.29, 1.82) is 0 Å². The van der Waals surface area contributed by atoms with Crippen LogP contribution < -0.4 is 15.4 Å². The highest BCUT2D eigenvalue weighted by Crippen LogP contribution is 2.21. The second kappa shape index (κ2) is 9.46. The van der Waals surface area contributed by atoms with Crippen LogP contribution in [0.5, 0.6) is 5.88 Å². The lowest BCUT2D eigenvalue weighted by Gasteiger charge is -2.12. The number of hydrogen-bond donors (Lipinski definition) is 2. The first-order chi connectivity index (χ1) is 15.1. The van der Waals surface area contributed by atoms with Gasteiger partial charge < -0.3 is 15.4 Å². The molecule has 6 nitrogen and oxygen atoms in total. The smallest absolute Gasteiger partial charge is 0.422 e. The Balaban J connectivity index is 1.68. The molecule has 32 heavy (non-hydrogen) atoms. The lowest BCUT2D eigenvalue weighted by atomic mass is 10.1. The monoisotopic (exact) mass is 447 g/mol. The summed E-state index contributed by atoms with van der Waals surface area (Å²) in [6, 6.07) is 12.6. The zero-order valence-corrected chi connectivity index (χ0v) is 16.7. The number of aryl methyl sites for hydroxylation is 1. The normalized spacial score (nSPS) is 11.0. The maximum absolute atomic E-state index is 13.8. The van der Waals surface area contributed by atoms with E-state index in [0.717, 1.165) is 6.20 Å². The fourth-order valence-corrected chi connectivity index (χ4v) is 2.63. The van der Waals surface area contributed by atoms with Crippen LogP contribution in [-0.4, -0.2) is 29.6 Å². The lowest BCUT2D eigenvalue weighted by molar-refractivity contribution is -0.154. The highest BCUT2D eigenvalue weighted by atomic mass is 19.4. The van der Waals surface area contributed by atoms with Crippen molar-refractivity contribution in [3.63, 3.8) is 0 Å². The summed E-state index contributed by atoms with van der Waals surface area (Å²) in [5.41, 5.74) is 1.25. The zero-order chi connectivity index (χ0) is 23.3. The first-order valence-corrected chi connectivity index (χ1v) is 9.26. The number of nitrogens with zero attached hydrogens (tertiary/aromatic N) is 1. The van der Waals surface area contributed by atoms with E-state index < -0.39 is 30.4 Å². The van der Waals surface area contributed by atoms with Gasteiger partial charge in [0.15, 0.2) is 6.61 Å². The Morgan fingerprint density at radius 3 is 2.41 bits per heavy atom. The molecule has 0 radical (unpaired) electrons. The molecule has 2 aromatic carbocycles. The molecule has 0 saturated carbocycles. The van der Waals surface area contributed by atoms with Gasteiger partial charge in [0.2, 0.25) is 5.88 Å². The van der Waals surface area contributed by atoms with E-state index in [9.17, 15) is 27.2 Å². The second-order valence-electron chi connectivity index (χ2n) is 6.71. The molecule has 166 valence electrons. The predicted octanol–water partition coefficient (Wildman–Crippen LogP) is 4.97. The number of alkyl halides is 3. The fraction of sp³-hybridized carbons (Fsp3) is 0.136. The molecule has 1 heterocycles. The summed E-state index contributed by atoms with van der Waals surface area (Å²) in [5, 5.41) is 5.13. The molecule has 0 bridgehead atoms. The van der Waals surface area contributed by atoms with E-state index in [-0.39, 0.29) is 22.7 Å². The van der Waals surface area contributed by atoms with Crippen LogP contribution >= 0.6 is 0 Å². The number of halogens is 4. The van der Waals surface area contributed by atoms with Crippen molar-refractivity contribution in [3.8, 4) is 5.88 Å².